The summed E-state index contributed by atoms with van der Waals surface area (Å²) in [7, 11) is 0. The average molecular weight is 535 g/mol. The number of hydrogen-bond acceptors (Lipinski definition) is 4. The maximum Gasteiger partial charge on any atom is 0.305 e. The molecule has 4 unspecified atom stereocenters. The SMILES string of the molecule is O=c1[nH]c2c(s1)[C@H](c1cc(Br)ccc1OCc1ccc(Cl)cc1)C1C3CCC(C3)C1S2. The lowest BCUT2D eigenvalue weighted by Crippen LogP contribution is -2.33. The Balaban J connectivity index is 1.41. The van der Waals surface area contributed by atoms with Crippen molar-refractivity contribution in [2.24, 2.45) is 17.8 Å². The number of thiazole rings is 1. The molecular weight excluding hydrogens is 514 g/mol. The highest BCUT2D eigenvalue weighted by Gasteiger charge is 2.55. The third-order valence-corrected chi connectivity index (χ3v) is 10.4. The lowest BCUT2D eigenvalue weighted by molar-refractivity contribution is 0.280. The number of rotatable bonds is 4. The number of hydrogen-bond donors (Lipinski definition) is 1. The largest absolute Gasteiger partial charge is 0.489 e. The Morgan fingerprint density at radius 3 is 2.77 bits per heavy atom. The fraction of sp³-hybridized carbons (Fsp3) is 0.375. The first-order chi connectivity index (χ1) is 15.1. The summed E-state index contributed by atoms with van der Waals surface area (Å²) < 4.78 is 7.41. The molecule has 6 rings (SSSR count). The Morgan fingerprint density at radius 1 is 1.13 bits per heavy atom. The van der Waals surface area contributed by atoms with Gasteiger partial charge in [0.25, 0.3) is 0 Å². The summed E-state index contributed by atoms with van der Waals surface area (Å²) in [5, 5.41) is 2.40. The van der Waals surface area contributed by atoms with Gasteiger partial charge in [-0.15, -0.1) is 11.8 Å². The Labute approximate surface area is 202 Å². The molecule has 1 N–H and O–H groups in total. The summed E-state index contributed by atoms with van der Waals surface area (Å²) in [6.07, 6.45) is 3.97. The van der Waals surface area contributed by atoms with Crippen molar-refractivity contribution in [3.8, 4) is 5.75 Å². The van der Waals surface area contributed by atoms with Gasteiger partial charge in [0.05, 0.1) is 5.03 Å². The number of nitrogens with one attached hydrogen (secondary N) is 1. The molecule has 0 amide bonds. The van der Waals surface area contributed by atoms with Crippen molar-refractivity contribution >= 4 is 50.6 Å². The number of benzene rings is 2. The molecule has 2 heterocycles. The van der Waals surface area contributed by atoms with Crippen LogP contribution in [0.15, 0.2) is 56.8 Å². The van der Waals surface area contributed by atoms with Crippen molar-refractivity contribution in [1.29, 1.82) is 0 Å². The maximum absolute atomic E-state index is 12.3. The number of halogens is 2. The van der Waals surface area contributed by atoms with E-state index in [1.807, 2.05) is 42.1 Å². The molecule has 2 bridgehead atoms. The topological polar surface area (TPSA) is 42.1 Å². The van der Waals surface area contributed by atoms with Crippen molar-refractivity contribution in [2.45, 2.75) is 42.1 Å². The second-order valence-corrected chi connectivity index (χ2v) is 12.3. The zero-order valence-electron chi connectivity index (χ0n) is 16.6. The Bertz CT molecular complexity index is 1190. The zero-order valence-corrected chi connectivity index (χ0v) is 20.6. The molecule has 3 aliphatic rings. The summed E-state index contributed by atoms with van der Waals surface area (Å²) in [5.74, 6) is 3.18. The van der Waals surface area contributed by atoms with Crippen LogP contribution in [0.4, 0.5) is 0 Å². The molecule has 1 aliphatic heterocycles. The average Bonchev–Trinajstić information content (AvgIpc) is 3.46. The second-order valence-electron chi connectivity index (χ2n) is 8.78. The van der Waals surface area contributed by atoms with Gasteiger partial charge in [0, 0.05) is 31.1 Å². The van der Waals surface area contributed by atoms with Crippen LogP contribution >= 0.6 is 50.6 Å². The molecule has 2 aliphatic carbocycles. The van der Waals surface area contributed by atoms with Gasteiger partial charge in [0.1, 0.15) is 12.4 Å². The smallest absolute Gasteiger partial charge is 0.305 e. The first-order valence-electron chi connectivity index (χ1n) is 10.6. The van der Waals surface area contributed by atoms with Crippen molar-refractivity contribution in [3.63, 3.8) is 0 Å². The molecule has 0 saturated heterocycles. The van der Waals surface area contributed by atoms with E-state index in [0.717, 1.165) is 37.7 Å². The minimum Gasteiger partial charge on any atom is -0.489 e. The van der Waals surface area contributed by atoms with Crippen LogP contribution < -0.4 is 9.61 Å². The van der Waals surface area contributed by atoms with E-state index in [9.17, 15) is 4.79 Å². The standard InChI is InChI=1S/C24H21BrClNO2S2/c25-15-5-8-18(29-11-12-1-6-16(26)7-2-12)17(10-15)20-19-13-3-4-14(9-13)21(19)30-23-22(20)31-24(28)27-23/h1-2,5-8,10,13-14,19-21H,3-4,9,11H2,(H,27,28)/t13?,14?,19?,20-,21?/m1/s1. The summed E-state index contributed by atoms with van der Waals surface area (Å²) in [6, 6.07) is 14.1. The molecule has 2 saturated carbocycles. The molecule has 160 valence electrons. The highest BCUT2D eigenvalue weighted by Crippen LogP contribution is 2.64. The van der Waals surface area contributed by atoms with Crippen LogP contribution in [0.2, 0.25) is 5.02 Å². The van der Waals surface area contributed by atoms with Gasteiger partial charge in [0.2, 0.25) is 0 Å². The van der Waals surface area contributed by atoms with E-state index in [1.165, 1.54) is 41.0 Å². The number of H-pyrrole nitrogens is 1. The first kappa shape index (κ1) is 20.4. The van der Waals surface area contributed by atoms with E-state index in [1.54, 1.807) is 0 Å². The predicted octanol–water partition coefficient (Wildman–Crippen LogP) is 7.08. The molecular formula is C24H21BrClNO2S2. The van der Waals surface area contributed by atoms with Gasteiger partial charge in [0.15, 0.2) is 0 Å². The van der Waals surface area contributed by atoms with E-state index in [0.29, 0.717) is 17.8 Å². The molecule has 2 aromatic carbocycles. The summed E-state index contributed by atoms with van der Waals surface area (Å²) in [6.45, 7) is 0.490. The van der Waals surface area contributed by atoms with E-state index in [4.69, 9.17) is 16.3 Å². The highest BCUT2D eigenvalue weighted by atomic mass is 79.9. The van der Waals surface area contributed by atoms with E-state index < -0.39 is 0 Å². The molecule has 3 aromatic rings. The van der Waals surface area contributed by atoms with Crippen LogP contribution in [-0.4, -0.2) is 10.2 Å². The molecule has 1 aromatic heterocycles. The molecule has 5 atom stereocenters. The third kappa shape index (κ3) is 3.60. The normalized spacial score (nSPS) is 28.4. The lowest BCUT2D eigenvalue weighted by Gasteiger charge is -2.40. The molecule has 7 heteroatoms. The van der Waals surface area contributed by atoms with Crippen LogP contribution in [0.3, 0.4) is 0 Å². The number of ether oxygens (including phenoxy) is 1. The molecule has 3 nitrogen and oxygen atoms in total. The molecule has 31 heavy (non-hydrogen) atoms. The van der Waals surface area contributed by atoms with Gasteiger partial charge >= 0.3 is 4.87 Å². The van der Waals surface area contributed by atoms with Crippen LogP contribution in [0.25, 0.3) is 0 Å². The number of fused-ring (bicyclic) bond motifs is 6. The lowest BCUT2D eigenvalue weighted by atomic mass is 9.74. The van der Waals surface area contributed by atoms with Gasteiger partial charge in [-0.1, -0.05) is 51.0 Å². The highest BCUT2D eigenvalue weighted by molar-refractivity contribution is 9.10. The summed E-state index contributed by atoms with van der Waals surface area (Å²) >= 11 is 13.0. The molecule has 2 fully saturated rings. The van der Waals surface area contributed by atoms with Crippen LogP contribution in [0.5, 0.6) is 5.75 Å². The van der Waals surface area contributed by atoms with Crippen LogP contribution in [0, 0.1) is 17.8 Å². The second kappa shape index (κ2) is 7.98. The Hall–Kier alpha value is -1.21. The van der Waals surface area contributed by atoms with E-state index in [2.05, 4.69) is 33.0 Å². The fourth-order valence-electron chi connectivity index (χ4n) is 5.83. The maximum atomic E-state index is 12.3. The van der Waals surface area contributed by atoms with Gasteiger partial charge in [-0.05, 0) is 72.9 Å². The van der Waals surface area contributed by atoms with Crippen molar-refractivity contribution in [1.82, 2.24) is 4.98 Å². The van der Waals surface area contributed by atoms with Gasteiger partial charge in [-0.3, -0.25) is 4.79 Å². The first-order valence-corrected chi connectivity index (χ1v) is 13.5. The Kier molecular flexibility index (Phi) is 5.25. The van der Waals surface area contributed by atoms with Gasteiger partial charge < -0.3 is 9.72 Å². The fourth-order valence-corrected chi connectivity index (χ4v) is 9.22. The predicted molar refractivity (Wildman–Crippen MR) is 131 cm³/mol. The number of thioether (sulfide) groups is 1. The third-order valence-electron chi connectivity index (χ3n) is 7.08. The number of aromatic amines is 1. The minimum atomic E-state index is 0.0495. The Morgan fingerprint density at radius 2 is 1.94 bits per heavy atom. The van der Waals surface area contributed by atoms with Gasteiger partial charge in [-0.2, -0.15) is 0 Å². The van der Waals surface area contributed by atoms with Crippen molar-refractivity contribution in [2.75, 3.05) is 0 Å². The van der Waals surface area contributed by atoms with E-state index in [-0.39, 0.29) is 10.8 Å². The number of aromatic nitrogens is 1. The summed E-state index contributed by atoms with van der Waals surface area (Å²) in [4.78, 5) is 16.7. The van der Waals surface area contributed by atoms with Crippen LogP contribution in [0.1, 0.15) is 41.2 Å². The van der Waals surface area contributed by atoms with Crippen molar-refractivity contribution in [3.05, 3.63) is 77.6 Å². The zero-order chi connectivity index (χ0) is 21.1. The molecule has 0 radical (unpaired) electrons. The summed E-state index contributed by atoms with van der Waals surface area (Å²) in [5.41, 5.74) is 2.28. The van der Waals surface area contributed by atoms with Crippen molar-refractivity contribution < 1.29 is 4.74 Å². The quantitative estimate of drug-likeness (QED) is 0.389. The van der Waals surface area contributed by atoms with Gasteiger partial charge in [-0.25, -0.2) is 0 Å². The molecule has 0 spiro atoms. The minimum absolute atomic E-state index is 0.0495. The van der Waals surface area contributed by atoms with Crippen LogP contribution in [-0.2, 0) is 6.61 Å². The monoisotopic (exact) mass is 533 g/mol. The van der Waals surface area contributed by atoms with E-state index >= 15 is 0 Å².